The highest BCUT2D eigenvalue weighted by atomic mass is 35.5. The molecule has 0 aromatic heterocycles. The minimum absolute atomic E-state index is 0.0769. The van der Waals surface area contributed by atoms with Crippen LogP contribution in [0, 0.1) is 0 Å². The molecule has 2 rings (SSSR count). The molecule has 0 saturated carbocycles. The highest BCUT2D eigenvalue weighted by Gasteiger charge is 2.23. The SMILES string of the molecule is CC(C)N1CCOC(COc2c(Cl)cccc2CN)C1. The zero-order valence-electron chi connectivity index (χ0n) is 12.1. The Morgan fingerprint density at radius 2 is 2.30 bits per heavy atom. The smallest absolute Gasteiger partial charge is 0.142 e. The fraction of sp³-hybridized carbons (Fsp3) is 0.600. The van der Waals surface area contributed by atoms with Crippen molar-refractivity contribution < 1.29 is 9.47 Å². The van der Waals surface area contributed by atoms with Crippen LogP contribution in [-0.2, 0) is 11.3 Å². The van der Waals surface area contributed by atoms with Crippen LogP contribution in [-0.4, -0.2) is 43.3 Å². The van der Waals surface area contributed by atoms with Gasteiger partial charge in [-0.25, -0.2) is 0 Å². The van der Waals surface area contributed by atoms with E-state index in [9.17, 15) is 0 Å². The zero-order valence-corrected chi connectivity index (χ0v) is 12.9. The highest BCUT2D eigenvalue weighted by Crippen LogP contribution is 2.28. The van der Waals surface area contributed by atoms with Crippen LogP contribution in [0.3, 0.4) is 0 Å². The topological polar surface area (TPSA) is 47.7 Å². The minimum Gasteiger partial charge on any atom is -0.489 e. The molecule has 0 spiro atoms. The molecular formula is C15H23ClN2O2. The van der Waals surface area contributed by atoms with Crippen LogP contribution in [0.5, 0.6) is 5.75 Å². The van der Waals surface area contributed by atoms with E-state index in [4.69, 9.17) is 26.8 Å². The van der Waals surface area contributed by atoms with Crippen molar-refractivity contribution in [2.75, 3.05) is 26.3 Å². The van der Waals surface area contributed by atoms with E-state index in [1.165, 1.54) is 0 Å². The van der Waals surface area contributed by atoms with Crippen molar-refractivity contribution in [3.63, 3.8) is 0 Å². The lowest BCUT2D eigenvalue weighted by molar-refractivity contribution is -0.0565. The average molecular weight is 299 g/mol. The van der Waals surface area contributed by atoms with Gasteiger partial charge in [0, 0.05) is 31.2 Å². The molecule has 2 N–H and O–H groups in total. The maximum atomic E-state index is 6.17. The van der Waals surface area contributed by atoms with E-state index >= 15 is 0 Å². The second-order valence-corrected chi connectivity index (χ2v) is 5.73. The molecule has 1 aromatic carbocycles. The normalized spacial score (nSPS) is 20.4. The number of hydrogen-bond acceptors (Lipinski definition) is 4. The van der Waals surface area contributed by atoms with Crippen molar-refractivity contribution in [1.29, 1.82) is 0 Å². The number of para-hydroxylation sites is 1. The predicted molar refractivity (Wildman–Crippen MR) is 81.3 cm³/mol. The van der Waals surface area contributed by atoms with Crippen LogP contribution in [0.1, 0.15) is 19.4 Å². The summed E-state index contributed by atoms with van der Waals surface area (Å²) in [5, 5.41) is 0.601. The second-order valence-electron chi connectivity index (χ2n) is 5.32. The minimum atomic E-state index is 0.0769. The summed E-state index contributed by atoms with van der Waals surface area (Å²) < 4.78 is 11.6. The van der Waals surface area contributed by atoms with Gasteiger partial charge in [0.25, 0.3) is 0 Å². The van der Waals surface area contributed by atoms with E-state index < -0.39 is 0 Å². The Balaban J connectivity index is 1.95. The second kappa shape index (κ2) is 7.27. The van der Waals surface area contributed by atoms with Crippen LogP contribution in [0.4, 0.5) is 0 Å². The van der Waals surface area contributed by atoms with Gasteiger partial charge in [0.15, 0.2) is 0 Å². The van der Waals surface area contributed by atoms with Crippen molar-refractivity contribution in [1.82, 2.24) is 4.90 Å². The highest BCUT2D eigenvalue weighted by molar-refractivity contribution is 6.32. The fourth-order valence-electron chi connectivity index (χ4n) is 2.36. The van der Waals surface area contributed by atoms with E-state index in [0.29, 0.717) is 30.0 Å². The van der Waals surface area contributed by atoms with Gasteiger partial charge in [0.05, 0.1) is 11.6 Å². The van der Waals surface area contributed by atoms with Gasteiger partial charge >= 0.3 is 0 Å². The summed E-state index contributed by atoms with van der Waals surface area (Å²) in [6, 6.07) is 6.16. The molecule has 0 radical (unpaired) electrons. The van der Waals surface area contributed by atoms with Gasteiger partial charge in [0.2, 0.25) is 0 Å². The van der Waals surface area contributed by atoms with Gasteiger partial charge in [-0.3, -0.25) is 4.90 Å². The summed E-state index contributed by atoms with van der Waals surface area (Å²) in [4.78, 5) is 2.40. The summed E-state index contributed by atoms with van der Waals surface area (Å²) in [7, 11) is 0. The fourth-order valence-corrected chi connectivity index (χ4v) is 2.61. The molecule has 0 bridgehead atoms. The van der Waals surface area contributed by atoms with Crippen LogP contribution >= 0.6 is 11.6 Å². The van der Waals surface area contributed by atoms with Crippen molar-refractivity contribution in [2.45, 2.75) is 32.5 Å². The number of rotatable bonds is 5. The molecule has 1 unspecified atom stereocenters. The quantitative estimate of drug-likeness (QED) is 0.906. The van der Waals surface area contributed by atoms with E-state index in [1.807, 2.05) is 18.2 Å². The third kappa shape index (κ3) is 3.85. The summed E-state index contributed by atoms with van der Waals surface area (Å²) >= 11 is 6.17. The number of nitrogens with zero attached hydrogens (tertiary/aromatic N) is 1. The van der Waals surface area contributed by atoms with Crippen LogP contribution in [0.15, 0.2) is 18.2 Å². The number of halogens is 1. The average Bonchev–Trinajstić information content (AvgIpc) is 2.46. The Hall–Kier alpha value is -0.810. The first-order valence-electron chi connectivity index (χ1n) is 7.07. The molecular weight excluding hydrogens is 276 g/mol. The molecule has 1 atom stereocenters. The molecule has 1 fully saturated rings. The molecule has 0 amide bonds. The Morgan fingerprint density at radius 1 is 1.50 bits per heavy atom. The number of benzene rings is 1. The van der Waals surface area contributed by atoms with Crippen LogP contribution < -0.4 is 10.5 Å². The maximum absolute atomic E-state index is 6.17. The van der Waals surface area contributed by atoms with Crippen molar-refractivity contribution >= 4 is 11.6 Å². The summed E-state index contributed by atoms with van der Waals surface area (Å²) in [5.74, 6) is 0.682. The van der Waals surface area contributed by atoms with E-state index in [0.717, 1.165) is 25.3 Å². The Bertz CT molecular complexity index is 440. The molecule has 5 heteroatoms. The van der Waals surface area contributed by atoms with E-state index in [1.54, 1.807) is 0 Å². The van der Waals surface area contributed by atoms with Gasteiger partial charge in [-0.05, 0) is 19.9 Å². The number of morpholine rings is 1. The molecule has 1 saturated heterocycles. The van der Waals surface area contributed by atoms with E-state index in [2.05, 4.69) is 18.7 Å². The van der Waals surface area contributed by atoms with Crippen molar-refractivity contribution in [2.24, 2.45) is 5.73 Å². The standard InChI is InChI=1S/C15H23ClN2O2/c1-11(2)18-6-7-19-13(9-18)10-20-15-12(8-17)4-3-5-14(15)16/h3-5,11,13H,6-10,17H2,1-2H3. The predicted octanol–water partition coefficient (Wildman–Crippen LogP) is 2.29. The molecule has 1 aromatic rings. The Labute approximate surface area is 125 Å². The van der Waals surface area contributed by atoms with Gasteiger partial charge in [0.1, 0.15) is 18.5 Å². The molecule has 0 aliphatic carbocycles. The maximum Gasteiger partial charge on any atom is 0.142 e. The summed E-state index contributed by atoms with van der Waals surface area (Å²) in [5.41, 5.74) is 6.64. The lowest BCUT2D eigenvalue weighted by Crippen LogP contribution is -2.47. The van der Waals surface area contributed by atoms with Crippen LogP contribution in [0.25, 0.3) is 0 Å². The van der Waals surface area contributed by atoms with Gasteiger partial charge in [-0.15, -0.1) is 0 Å². The first-order valence-corrected chi connectivity index (χ1v) is 7.45. The van der Waals surface area contributed by atoms with Gasteiger partial charge in [-0.1, -0.05) is 23.7 Å². The Morgan fingerprint density at radius 3 is 3.00 bits per heavy atom. The van der Waals surface area contributed by atoms with Gasteiger partial charge < -0.3 is 15.2 Å². The van der Waals surface area contributed by atoms with E-state index in [-0.39, 0.29) is 6.10 Å². The molecule has 1 heterocycles. The van der Waals surface area contributed by atoms with Crippen LogP contribution in [0.2, 0.25) is 5.02 Å². The Kier molecular flexibility index (Phi) is 5.66. The summed E-state index contributed by atoms with van der Waals surface area (Å²) in [6.07, 6.45) is 0.0769. The number of hydrogen-bond donors (Lipinski definition) is 1. The molecule has 1 aliphatic heterocycles. The largest absolute Gasteiger partial charge is 0.489 e. The first kappa shape index (κ1) is 15.6. The third-order valence-electron chi connectivity index (χ3n) is 3.58. The monoisotopic (exact) mass is 298 g/mol. The third-order valence-corrected chi connectivity index (χ3v) is 3.88. The zero-order chi connectivity index (χ0) is 14.5. The molecule has 112 valence electrons. The molecule has 20 heavy (non-hydrogen) atoms. The summed E-state index contributed by atoms with van der Waals surface area (Å²) in [6.45, 7) is 7.93. The number of ether oxygens (including phenoxy) is 2. The lowest BCUT2D eigenvalue weighted by atomic mass is 10.2. The molecule has 4 nitrogen and oxygen atoms in total. The van der Waals surface area contributed by atoms with Crippen molar-refractivity contribution in [3.8, 4) is 5.75 Å². The first-order chi connectivity index (χ1) is 9.61. The number of nitrogens with two attached hydrogens (primary N) is 1. The van der Waals surface area contributed by atoms with Crippen molar-refractivity contribution in [3.05, 3.63) is 28.8 Å². The van der Waals surface area contributed by atoms with Gasteiger partial charge in [-0.2, -0.15) is 0 Å². The lowest BCUT2D eigenvalue weighted by Gasteiger charge is -2.35. The molecule has 1 aliphatic rings.